The number of hydrogen-bond donors (Lipinski definition) is 0. The molecule has 4 heteroatoms. The molecule has 4 nitrogen and oxygen atoms in total. The molecule has 2 aromatic heterocycles. The van der Waals surface area contributed by atoms with Gasteiger partial charge in [0.25, 0.3) is 0 Å². The fourth-order valence-electron chi connectivity index (χ4n) is 8.01. The van der Waals surface area contributed by atoms with E-state index in [2.05, 4.69) is 169 Å². The Morgan fingerprint density at radius 2 is 0.982 bits per heavy atom. The van der Waals surface area contributed by atoms with Gasteiger partial charge in [-0.15, -0.1) is 0 Å². The molecule has 9 aromatic carbocycles. The largest absolute Gasteiger partial charge is 0.456 e. The molecule has 11 aromatic rings. The number of fused-ring (bicyclic) bond motifs is 6. The van der Waals surface area contributed by atoms with Crippen molar-refractivity contribution >= 4 is 71.6 Å². The van der Waals surface area contributed by atoms with Crippen LogP contribution in [0, 0.1) is 0 Å². The summed E-state index contributed by atoms with van der Waals surface area (Å²) in [5.74, 6) is 0.578. The van der Waals surface area contributed by atoms with Crippen molar-refractivity contribution in [1.82, 2.24) is 4.98 Å². The summed E-state index contributed by atoms with van der Waals surface area (Å²) in [4.78, 5) is 7.25. The Bertz CT molecular complexity index is 3140. The molecule has 0 atom stereocenters. The SMILES string of the molecule is c1ccc(-c2ccc(N(c3ccc(-c4cccc5ccccc45)cc3)c3ccc4c(c3)oc3cccc(-c5nc6cc7ccccc7cc6o5)c34)cc2)cc1. The summed E-state index contributed by atoms with van der Waals surface area (Å²) in [5.41, 5.74) is 11.9. The number of furan rings is 1. The van der Waals surface area contributed by atoms with Gasteiger partial charge in [-0.05, 0) is 104 Å². The molecule has 258 valence electrons. The quantitative estimate of drug-likeness (QED) is 0.173. The van der Waals surface area contributed by atoms with Gasteiger partial charge in [0.1, 0.15) is 16.7 Å². The topological polar surface area (TPSA) is 42.4 Å². The minimum Gasteiger partial charge on any atom is -0.456 e. The molecule has 0 fully saturated rings. The lowest BCUT2D eigenvalue weighted by Gasteiger charge is -2.26. The predicted molar refractivity (Wildman–Crippen MR) is 227 cm³/mol. The molecule has 11 rings (SSSR count). The van der Waals surface area contributed by atoms with Crippen LogP contribution < -0.4 is 4.90 Å². The highest BCUT2D eigenvalue weighted by Crippen LogP contribution is 2.42. The van der Waals surface area contributed by atoms with E-state index in [4.69, 9.17) is 13.8 Å². The second-order valence-electron chi connectivity index (χ2n) is 14.0. The molecule has 0 unspecified atom stereocenters. The van der Waals surface area contributed by atoms with Crippen molar-refractivity contribution in [3.05, 3.63) is 194 Å². The molecule has 0 amide bonds. The molecule has 0 spiro atoms. The molecule has 0 radical (unpaired) electrons. The smallest absolute Gasteiger partial charge is 0.228 e. The molecule has 0 N–H and O–H groups in total. The zero-order valence-corrected chi connectivity index (χ0v) is 29.7. The fraction of sp³-hybridized carbons (Fsp3) is 0. The van der Waals surface area contributed by atoms with Gasteiger partial charge < -0.3 is 13.7 Å². The van der Waals surface area contributed by atoms with Gasteiger partial charge in [-0.25, -0.2) is 4.98 Å². The first-order valence-electron chi connectivity index (χ1n) is 18.5. The van der Waals surface area contributed by atoms with Crippen molar-refractivity contribution in [2.45, 2.75) is 0 Å². The number of anilines is 3. The molecular weight excluding hydrogens is 673 g/mol. The van der Waals surface area contributed by atoms with Crippen LogP contribution in [0.5, 0.6) is 0 Å². The van der Waals surface area contributed by atoms with Crippen LogP contribution in [0.4, 0.5) is 17.1 Å². The lowest BCUT2D eigenvalue weighted by molar-refractivity contribution is 0.620. The van der Waals surface area contributed by atoms with Gasteiger partial charge in [0, 0.05) is 39.5 Å². The minimum atomic E-state index is 0.578. The highest BCUT2D eigenvalue weighted by Gasteiger charge is 2.20. The lowest BCUT2D eigenvalue weighted by Crippen LogP contribution is -2.09. The van der Waals surface area contributed by atoms with E-state index in [0.717, 1.165) is 66.4 Å². The zero-order valence-electron chi connectivity index (χ0n) is 29.7. The lowest BCUT2D eigenvalue weighted by atomic mass is 9.98. The van der Waals surface area contributed by atoms with Crippen molar-refractivity contribution in [2.24, 2.45) is 0 Å². The molecule has 0 bridgehead atoms. The Hall–Kier alpha value is -7.43. The minimum absolute atomic E-state index is 0.578. The van der Waals surface area contributed by atoms with E-state index in [9.17, 15) is 0 Å². The van der Waals surface area contributed by atoms with Crippen LogP contribution in [0.15, 0.2) is 203 Å². The third-order valence-electron chi connectivity index (χ3n) is 10.7. The molecule has 0 aliphatic carbocycles. The highest BCUT2D eigenvalue weighted by atomic mass is 16.3. The van der Waals surface area contributed by atoms with Crippen LogP contribution >= 0.6 is 0 Å². The van der Waals surface area contributed by atoms with Crippen molar-refractivity contribution in [2.75, 3.05) is 4.90 Å². The summed E-state index contributed by atoms with van der Waals surface area (Å²) in [7, 11) is 0. The predicted octanol–water partition coefficient (Wildman–Crippen LogP) is 14.5. The maximum absolute atomic E-state index is 6.61. The van der Waals surface area contributed by atoms with Crippen LogP contribution in [0.1, 0.15) is 0 Å². The average molecular weight is 705 g/mol. The van der Waals surface area contributed by atoms with Crippen LogP contribution in [0.3, 0.4) is 0 Å². The van der Waals surface area contributed by atoms with Crippen molar-refractivity contribution < 1.29 is 8.83 Å². The number of aromatic nitrogens is 1. The fourth-order valence-corrected chi connectivity index (χ4v) is 8.01. The van der Waals surface area contributed by atoms with Gasteiger partial charge in [-0.3, -0.25) is 0 Å². The van der Waals surface area contributed by atoms with Crippen molar-refractivity contribution in [3.8, 4) is 33.7 Å². The molecule has 0 saturated heterocycles. The first-order valence-corrected chi connectivity index (χ1v) is 18.5. The van der Waals surface area contributed by atoms with E-state index in [1.54, 1.807) is 0 Å². The zero-order chi connectivity index (χ0) is 36.3. The molecule has 2 heterocycles. The number of oxazole rings is 1. The Morgan fingerprint density at radius 3 is 1.78 bits per heavy atom. The van der Waals surface area contributed by atoms with E-state index in [-0.39, 0.29) is 0 Å². The van der Waals surface area contributed by atoms with Crippen LogP contribution in [-0.2, 0) is 0 Å². The monoisotopic (exact) mass is 704 g/mol. The summed E-state index contributed by atoms with van der Waals surface area (Å²) >= 11 is 0. The third-order valence-corrected chi connectivity index (χ3v) is 10.7. The maximum atomic E-state index is 6.61. The van der Waals surface area contributed by atoms with Gasteiger partial charge in [0.05, 0.1) is 0 Å². The number of hydrogen-bond acceptors (Lipinski definition) is 4. The Kier molecular flexibility index (Phi) is 7.14. The Labute approximate surface area is 317 Å². The summed E-state index contributed by atoms with van der Waals surface area (Å²) in [5, 5.41) is 6.73. The first-order chi connectivity index (χ1) is 27.2. The van der Waals surface area contributed by atoms with Gasteiger partial charge in [0.15, 0.2) is 5.58 Å². The molecule has 0 aliphatic rings. The second-order valence-corrected chi connectivity index (χ2v) is 14.0. The Balaban J connectivity index is 1.03. The standard InChI is InChI=1S/C51H32N2O2/c1-2-10-33(11-3-1)34-20-24-39(25-21-34)53(40-26-22-36(23-27-40)43-17-8-15-35-12-6-7-16-42(35)43)41-28-29-44-48(32-41)54-47-19-9-18-45(50(44)47)51-52-46-30-37-13-4-5-14-38(37)31-49(46)55-51/h1-32H. The van der Waals surface area contributed by atoms with E-state index in [1.165, 1.54) is 33.0 Å². The number of rotatable bonds is 6. The van der Waals surface area contributed by atoms with Crippen LogP contribution in [0.25, 0.3) is 88.3 Å². The van der Waals surface area contributed by atoms with E-state index >= 15 is 0 Å². The summed E-state index contributed by atoms with van der Waals surface area (Å²) < 4.78 is 13.0. The van der Waals surface area contributed by atoms with Crippen molar-refractivity contribution in [3.63, 3.8) is 0 Å². The molecule has 0 aliphatic heterocycles. The van der Waals surface area contributed by atoms with E-state index in [0.29, 0.717) is 5.89 Å². The van der Waals surface area contributed by atoms with Crippen LogP contribution in [-0.4, -0.2) is 4.98 Å². The summed E-state index contributed by atoms with van der Waals surface area (Å²) in [6, 6.07) is 68.2. The molecule has 0 saturated carbocycles. The summed E-state index contributed by atoms with van der Waals surface area (Å²) in [6.45, 7) is 0. The van der Waals surface area contributed by atoms with E-state index < -0.39 is 0 Å². The first kappa shape index (κ1) is 31.1. The van der Waals surface area contributed by atoms with E-state index in [1.807, 2.05) is 30.3 Å². The molecular formula is C51H32N2O2. The normalized spacial score (nSPS) is 11.6. The van der Waals surface area contributed by atoms with Gasteiger partial charge in [0.2, 0.25) is 5.89 Å². The maximum Gasteiger partial charge on any atom is 0.228 e. The Morgan fingerprint density at radius 1 is 0.364 bits per heavy atom. The highest BCUT2D eigenvalue weighted by molar-refractivity contribution is 6.13. The third kappa shape index (κ3) is 5.34. The number of benzene rings is 9. The average Bonchev–Trinajstić information content (AvgIpc) is 3.84. The van der Waals surface area contributed by atoms with Gasteiger partial charge in [-0.1, -0.05) is 127 Å². The number of nitrogens with zero attached hydrogens (tertiary/aromatic N) is 2. The van der Waals surface area contributed by atoms with Gasteiger partial charge >= 0.3 is 0 Å². The van der Waals surface area contributed by atoms with Gasteiger partial charge in [-0.2, -0.15) is 0 Å². The second kappa shape index (κ2) is 12.6. The molecule has 55 heavy (non-hydrogen) atoms. The van der Waals surface area contributed by atoms with Crippen molar-refractivity contribution in [1.29, 1.82) is 0 Å². The summed E-state index contributed by atoms with van der Waals surface area (Å²) in [6.07, 6.45) is 0. The van der Waals surface area contributed by atoms with Crippen LogP contribution in [0.2, 0.25) is 0 Å².